The molecular weight excluding hydrogens is 288 g/mol. The molecule has 1 unspecified atom stereocenters. The van der Waals surface area contributed by atoms with E-state index in [4.69, 9.17) is 16.7 Å². The number of benzene rings is 1. The molecule has 2 rings (SSSR count). The third-order valence-electron chi connectivity index (χ3n) is 3.83. The van der Waals surface area contributed by atoms with Crippen LogP contribution in [-0.4, -0.2) is 49.7 Å². The SMILES string of the molecule is CN1CCC(CN(C)c2c(Cl)cccc2/C=C/C(=O)O)C1. The molecule has 1 N–H and O–H groups in total. The van der Waals surface area contributed by atoms with E-state index in [2.05, 4.69) is 16.8 Å². The second-order valence-corrected chi connectivity index (χ2v) is 6.05. The number of nitrogens with zero attached hydrogens (tertiary/aromatic N) is 2. The summed E-state index contributed by atoms with van der Waals surface area (Å²) in [4.78, 5) is 15.2. The van der Waals surface area contributed by atoms with E-state index in [1.807, 2.05) is 25.2 Å². The van der Waals surface area contributed by atoms with Gasteiger partial charge in [0, 0.05) is 26.2 Å². The summed E-state index contributed by atoms with van der Waals surface area (Å²) in [5, 5.41) is 9.44. The maximum absolute atomic E-state index is 10.7. The van der Waals surface area contributed by atoms with Gasteiger partial charge in [0.15, 0.2) is 0 Å². The summed E-state index contributed by atoms with van der Waals surface area (Å²) < 4.78 is 0. The van der Waals surface area contributed by atoms with Crippen molar-refractivity contribution in [1.82, 2.24) is 4.90 Å². The lowest BCUT2D eigenvalue weighted by atomic mass is 10.1. The number of anilines is 1. The van der Waals surface area contributed by atoms with Gasteiger partial charge in [-0.3, -0.25) is 0 Å². The largest absolute Gasteiger partial charge is 0.478 e. The molecule has 21 heavy (non-hydrogen) atoms. The number of carboxylic acids is 1. The molecule has 1 aliphatic rings. The van der Waals surface area contributed by atoms with E-state index in [9.17, 15) is 4.79 Å². The Balaban J connectivity index is 2.18. The average molecular weight is 309 g/mol. The molecule has 1 saturated heterocycles. The van der Waals surface area contributed by atoms with E-state index in [1.54, 1.807) is 6.08 Å². The van der Waals surface area contributed by atoms with Crippen LogP contribution in [0.4, 0.5) is 5.69 Å². The monoisotopic (exact) mass is 308 g/mol. The van der Waals surface area contributed by atoms with Crippen LogP contribution < -0.4 is 4.90 Å². The minimum Gasteiger partial charge on any atom is -0.478 e. The minimum absolute atomic E-state index is 0.618. The van der Waals surface area contributed by atoms with Crippen molar-refractivity contribution in [1.29, 1.82) is 0 Å². The van der Waals surface area contributed by atoms with E-state index in [-0.39, 0.29) is 0 Å². The van der Waals surface area contributed by atoms with Crippen molar-refractivity contribution in [3.05, 3.63) is 34.9 Å². The Morgan fingerprint density at radius 2 is 2.33 bits per heavy atom. The van der Waals surface area contributed by atoms with Crippen LogP contribution in [0, 0.1) is 5.92 Å². The Bertz CT molecular complexity index is 545. The maximum atomic E-state index is 10.7. The standard InChI is InChI=1S/C16H21ClN2O2/c1-18-9-8-12(10-18)11-19(2)16-13(6-7-15(20)21)4-3-5-14(16)17/h3-7,12H,8-11H2,1-2H3,(H,20,21)/b7-6+. The van der Waals surface area contributed by atoms with Gasteiger partial charge in [0.05, 0.1) is 10.7 Å². The van der Waals surface area contributed by atoms with Crippen molar-refractivity contribution in [2.75, 3.05) is 38.6 Å². The van der Waals surface area contributed by atoms with Crippen LogP contribution in [0.1, 0.15) is 12.0 Å². The summed E-state index contributed by atoms with van der Waals surface area (Å²) in [6.45, 7) is 3.14. The number of rotatable bonds is 5. The van der Waals surface area contributed by atoms with Crippen molar-refractivity contribution < 1.29 is 9.90 Å². The predicted octanol–water partition coefficient (Wildman–Crippen LogP) is 2.83. The first-order valence-corrected chi connectivity index (χ1v) is 7.44. The predicted molar refractivity (Wildman–Crippen MR) is 87.0 cm³/mol. The summed E-state index contributed by atoms with van der Waals surface area (Å²) in [5.74, 6) is -0.339. The van der Waals surface area contributed by atoms with E-state index < -0.39 is 5.97 Å². The number of carboxylic acid groups (broad SMARTS) is 1. The van der Waals surface area contributed by atoms with E-state index in [1.165, 1.54) is 6.42 Å². The van der Waals surface area contributed by atoms with Crippen LogP contribution in [0.2, 0.25) is 5.02 Å². The second kappa shape index (κ2) is 6.96. The lowest BCUT2D eigenvalue weighted by Crippen LogP contribution is -2.27. The normalized spacial score (nSPS) is 19.3. The summed E-state index contributed by atoms with van der Waals surface area (Å²) in [7, 11) is 4.15. The molecule has 0 saturated carbocycles. The molecule has 114 valence electrons. The maximum Gasteiger partial charge on any atom is 0.328 e. The molecule has 0 aliphatic carbocycles. The second-order valence-electron chi connectivity index (χ2n) is 5.65. The fourth-order valence-corrected chi connectivity index (χ4v) is 3.21. The third kappa shape index (κ3) is 4.22. The minimum atomic E-state index is -0.957. The summed E-state index contributed by atoms with van der Waals surface area (Å²) in [5.41, 5.74) is 1.73. The quantitative estimate of drug-likeness (QED) is 0.850. The van der Waals surface area contributed by atoms with Crippen LogP contribution in [-0.2, 0) is 4.79 Å². The van der Waals surface area contributed by atoms with Crippen LogP contribution in [0.3, 0.4) is 0 Å². The number of likely N-dealkylation sites (tertiary alicyclic amines) is 1. The zero-order valence-electron chi connectivity index (χ0n) is 12.4. The molecule has 1 aromatic rings. The number of aliphatic carboxylic acids is 1. The molecule has 0 aromatic heterocycles. The van der Waals surface area contributed by atoms with Gasteiger partial charge in [-0.15, -0.1) is 0 Å². The van der Waals surface area contributed by atoms with Gasteiger partial charge in [-0.25, -0.2) is 4.79 Å². The molecule has 4 nitrogen and oxygen atoms in total. The van der Waals surface area contributed by atoms with E-state index in [0.717, 1.165) is 37.0 Å². The van der Waals surface area contributed by atoms with Crippen LogP contribution in [0.15, 0.2) is 24.3 Å². The molecule has 1 fully saturated rings. The summed E-state index contributed by atoms with van der Waals surface area (Å²) in [6, 6.07) is 5.56. The Hall–Kier alpha value is -1.52. The molecule has 5 heteroatoms. The molecule has 0 spiro atoms. The van der Waals surface area contributed by atoms with E-state index >= 15 is 0 Å². The topological polar surface area (TPSA) is 43.8 Å². The number of carbonyl (C=O) groups is 1. The summed E-state index contributed by atoms with van der Waals surface area (Å²) >= 11 is 6.32. The van der Waals surface area contributed by atoms with Gasteiger partial charge in [0.25, 0.3) is 0 Å². The fraction of sp³-hybridized carbons (Fsp3) is 0.438. The highest BCUT2D eigenvalue weighted by Crippen LogP contribution is 2.31. The van der Waals surface area contributed by atoms with Crippen molar-refractivity contribution in [2.45, 2.75) is 6.42 Å². The Morgan fingerprint density at radius 1 is 1.57 bits per heavy atom. The number of hydrogen-bond acceptors (Lipinski definition) is 3. The van der Waals surface area contributed by atoms with Crippen molar-refractivity contribution >= 4 is 29.3 Å². The first-order valence-electron chi connectivity index (χ1n) is 7.06. The molecule has 1 aromatic carbocycles. The van der Waals surface area contributed by atoms with Crippen LogP contribution >= 0.6 is 11.6 Å². The first kappa shape index (κ1) is 15.9. The lowest BCUT2D eigenvalue weighted by molar-refractivity contribution is -0.131. The van der Waals surface area contributed by atoms with Gasteiger partial charge in [0.2, 0.25) is 0 Å². The van der Waals surface area contributed by atoms with Gasteiger partial charge in [-0.2, -0.15) is 0 Å². The van der Waals surface area contributed by atoms with Crippen LogP contribution in [0.5, 0.6) is 0 Å². The Kier molecular flexibility index (Phi) is 5.26. The zero-order chi connectivity index (χ0) is 15.4. The average Bonchev–Trinajstić information content (AvgIpc) is 2.81. The van der Waals surface area contributed by atoms with Crippen LogP contribution in [0.25, 0.3) is 6.08 Å². The van der Waals surface area contributed by atoms with Gasteiger partial charge in [0.1, 0.15) is 0 Å². The number of hydrogen-bond donors (Lipinski definition) is 1. The van der Waals surface area contributed by atoms with Crippen molar-refractivity contribution in [3.8, 4) is 0 Å². The van der Waals surface area contributed by atoms with Gasteiger partial charge in [-0.1, -0.05) is 23.7 Å². The molecular formula is C16H21ClN2O2. The van der Waals surface area contributed by atoms with Gasteiger partial charge >= 0.3 is 5.97 Å². The molecule has 1 aliphatic heterocycles. The molecule has 0 amide bonds. The highest BCUT2D eigenvalue weighted by Gasteiger charge is 2.22. The first-order chi connectivity index (χ1) is 9.97. The molecule has 0 radical (unpaired) electrons. The Labute approximate surface area is 130 Å². The highest BCUT2D eigenvalue weighted by molar-refractivity contribution is 6.33. The molecule has 1 heterocycles. The highest BCUT2D eigenvalue weighted by atomic mass is 35.5. The Morgan fingerprint density at radius 3 is 2.95 bits per heavy atom. The number of halogens is 1. The lowest BCUT2D eigenvalue weighted by Gasteiger charge is -2.26. The third-order valence-corrected chi connectivity index (χ3v) is 4.13. The number of para-hydroxylation sites is 1. The smallest absolute Gasteiger partial charge is 0.328 e. The summed E-state index contributed by atoms with van der Waals surface area (Å²) in [6.07, 6.45) is 3.93. The van der Waals surface area contributed by atoms with Crippen molar-refractivity contribution in [3.63, 3.8) is 0 Å². The molecule has 1 atom stereocenters. The van der Waals surface area contributed by atoms with Crippen molar-refractivity contribution in [2.24, 2.45) is 5.92 Å². The zero-order valence-corrected chi connectivity index (χ0v) is 13.2. The van der Waals surface area contributed by atoms with Gasteiger partial charge < -0.3 is 14.9 Å². The van der Waals surface area contributed by atoms with E-state index in [0.29, 0.717) is 10.9 Å². The fourth-order valence-electron chi connectivity index (χ4n) is 2.88. The molecule has 0 bridgehead atoms. The van der Waals surface area contributed by atoms with Gasteiger partial charge in [-0.05, 0) is 43.6 Å².